The highest BCUT2D eigenvalue weighted by Gasteiger charge is 2.12. The van der Waals surface area contributed by atoms with Crippen LogP contribution in [0.4, 0.5) is 28.8 Å². The topological polar surface area (TPSA) is 71.5 Å². The van der Waals surface area contributed by atoms with Gasteiger partial charge in [-0.2, -0.15) is 4.98 Å². The van der Waals surface area contributed by atoms with Crippen LogP contribution in [0.3, 0.4) is 0 Å². The van der Waals surface area contributed by atoms with Crippen molar-refractivity contribution >= 4 is 28.8 Å². The van der Waals surface area contributed by atoms with Gasteiger partial charge in [0, 0.05) is 49.0 Å². The summed E-state index contributed by atoms with van der Waals surface area (Å²) in [5, 5.41) is 6.57. The minimum Gasteiger partial charge on any atom is -0.486 e. The summed E-state index contributed by atoms with van der Waals surface area (Å²) in [5.74, 6) is 2.72. The molecule has 2 N–H and O–H groups in total. The first-order valence-electron chi connectivity index (χ1n) is 9.13. The number of fused-ring (bicyclic) bond motifs is 1. The van der Waals surface area contributed by atoms with E-state index in [9.17, 15) is 0 Å². The molecule has 0 saturated carbocycles. The van der Waals surface area contributed by atoms with Crippen LogP contribution < -0.4 is 25.0 Å². The summed E-state index contributed by atoms with van der Waals surface area (Å²) in [7, 11) is 4.04. The van der Waals surface area contributed by atoms with Gasteiger partial charge in [0.05, 0.1) is 0 Å². The molecule has 0 saturated heterocycles. The van der Waals surface area contributed by atoms with Crippen molar-refractivity contribution in [2.75, 3.05) is 42.8 Å². The fourth-order valence-electron chi connectivity index (χ4n) is 2.93. The largest absolute Gasteiger partial charge is 0.486 e. The van der Waals surface area contributed by atoms with Crippen LogP contribution in [0.25, 0.3) is 0 Å². The second kappa shape index (κ2) is 7.64. The number of anilines is 5. The number of aromatic nitrogens is 2. The maximum absolute atomic E-state index is 5.63. The van der Waals surface area contributed by atoms with Crippen molar-refractivity contribution in [1.82, 2.24) is 9.97 Å². The van der Waals surface area contributed by atoms with Crippen molar-refractivity contribution in [1.29, 1.82) is 0 Å². The lowest BCUT2D eigenvalue weighted by atomic mass is 10.2. The van der Waals surface area contributed by atoms with Gasteiger partial charge in [-0.3, -0.25) is 0 Å². The van der Waals surface area contributed by atoms with Crippen molar-refractivity contribution in [2.45, 2.75) is 6.92 Å². The van der Waals surface area contributed by atoms with Gasteiger partial charge in [0.15, 0.2) is 11.5 Å². The van der Waals surface area contributed by atoms with Crippen LogP contribution in [0.5, 0.6) is 11.5 Å². The normalized spacial score (nSPS) is 12.4. The molecule has 2 aromatic carbocycles. The number of benzene rings is 2. The van der Waals surface area contributed by atoms with Gasteiger partial charge in [-0.25, -0.2) is 4.98 Å². The molecule has 0 atom stereocenters. The van der Waals surface area contributed by atoms with Gasteiger partial charge in [-0.1, -0.05) is 0 Å². The van der Waals surface area contributed by atoms with Crippen LogP contribution in [0.15, 0.2) is 48.5 Å². The summed E-state index contributed by atoms with van der Waals surface area (Å²) in [5.41, 5.74) is 3.82. The second-order valence-electron chi connectivity index (χ2n) is 6.77. The zero-order valence-corrected chi connectivity index (χ0v) is 16.2. The van der Waals surface area contributed by atoms with Gasteiger partial charge < -0.3 is 25.0 Å². The van der Waals surface area contributed by atoms with E-state index in [-0.39, 0.29) is 0 Å². The van der Waals surface area contributed by atoms with E-state index in [0.717, 1.165) is 40.1 Å². The molecule has 7 heteroatoms. The standard InChI is InChI=1S/C21H23N5O2/c1-14-12-20(23-15-4-7-17(8-5-15)26(2)3)25-21(22-14)24-16-6-9-18-19(13-16)28-11-10-27-18/h4-9,12-13H,10-11H2,1-3H3,(H2,22,23,24,25). The van der Waals surface area contributed by atoms with Gasteiger partial charge in [-0.15, -0.1) is 0 Å². The maximum Gasteiger partial charge on any atom is 0.229 e. The van der Waals surface area contributed by atoms with E-state index in [1.165, 1.54) is 0 Å². The summed E-state index contributed by atoms with van der Waals surface area (Å²) >= 11 is 0. The maximum atomic E-state index is 5.63. The van der Waals surface area contributed by atoms with Crippen LogP contribution >= 0.6 is 0 Å². The highest BCUT2D eigenvalue weighted by atomic mass is 16.6. The van der Waals surface area contributed by atoms with Gasteiger partial charge in [0.1, 0.15) is 19.0 Å². The molecule has 2 heterocycles. The van der Waals surface area contributed by atoms with Gasteiger partial charge >= 0.3 is 0 Å². The molecule has 28 heavy (non-hydrogen) atoms. The molecule has 7 nitrogen and oxygen atoms in total. The molecule has 0 bridgehead atoms. The van der Waals surface area contributed by atoms with Crippen LogP contribution in [0, 0.1) is 6.92 Å². The first-order chi connectivity index (χ1) is 13.6. The van der Waals surface area contributed by atoms with E-state index in [1.54, 1.807) is 0 Å². The van der Waals surface area contributed by atoms with Crippen molar-refractivity contribution in [3.63, 3.8) is 0 Å². The lowest BCUT2D eigenvalue weighted by molar-refractivity contribution is 0.171. The van der Waals surface area contributed by atoms with E-state index in [4.69, 9.17) is 9.47 Å². The molecule has 3 aromatic rings. The van der Waals surface area contributed by atoms with Crippen LogP contribution in [-0.2, 0) is 0 Å². The Morgan fingerprint density at radius 3 is 2.29 bits per heavy atom. The fourth-order valence-corrected chi connectivity index (χ4v) is 2.93. The number of hydrogen-bond donors (Lipinski definition) is 2. The molecule has 1 aliphatic heterocycles. The summed E-state index contributed by atoms with van der Waals surface area (Å²) in [6.07, 6.45) is 0. The lowest BCUT2D eigenvalue weighted by Crippen LogP contribution is -2.15. The van der Waals surface area contributed by atoms with Crippen LogP contribution in [0.2, 0.25) is 0 Å². The minimum atomic E-state index is 0.518. The average molecular weight is 377 g/mol. The van der Waals surface area contributed by atoms with E-state index in [0.29, 0.717) is 19.2 Å². The molecule has 0 spiro atoms. The van der Waals surface area contributed by atoms with E-state index in [1.807, 2.05) is 57.4 Å². The van der Waals surface area contributed by atoms with Crippen molar-refractivity contribution in [3.05, 3.63) is 54.2 Å². The Morgan fingerprint density at radius 2 is 1.54 bits per heavy atom. The molecule has 0 fully saturated rings. The third kappa shape index (κ3) is 4.09. The Balaban J connectivity index is 1.52. The van der Waals surface area contributed by atoms with Crippen molar-refractivity contribution in [2.24, 2.45) is 0 Å². The predicted octanol–water partition coefficient (Wildman–Crippen LogP) is 4.11. The SMILES string of the molecule is Cc1cc(Nc2ccc(N(C)C)cc2)nc(Nc2ccc3c(c2)OCCO3)n1. The Labute approximate surface area is 164 Å². The number of rotatable bonds is 5. The number of nitrogens with one attached hydrogen (secondary N) is 2. The molecule has 0 radical (unpaired) electrons. The Hall–Kier alpha value is -3.48. The van der Waals surface area contributed by atoms with Crippen molar-refractivity contribution in [3.8, 4) is 11.5 Å². The van der Waals surface area contributed by atoms with Crippen LogP contribution in [0.1, 0.15) is 5.69 Å². The highest BCUT2D eigenvalue weighted by molar-refractivity contribution is 5.64. The third-order valence-corrected chi connectivity index (χ3v) is 4.31. The summed E-state index contributed by atoms with van der Waals surface area (Å²) < 4.78 is 11.2. The molecule has 0 unspecified atom stereocenters. The summed E-state index contributed by atoms with van der Waals surface area (Å²) in [4.78, 5) is 11.1. The smallest absolute Gasteiger partial charge is 0.229 e. The van der Waals surface area contributed by atoms with Gasteiger partial charge in [0.25, 0.3) is 0 Å². The average Bonchev–Trinajstić information content (AvgIpc) is 2.68. The molecule has 0 amide bonds. The molecule has 144 valence electrons. The Bertz CT molecular complexity index is 973. The molecule has 4 rings (SSSR count). The van der Waals surface area contributed by atoms with Crippen LogP contribution in [-0.4, -0.2) is 37.3 Å². The summed E-state index contributed by atoms with van der Waals surface area (Å²) in [6, 6.07) is 15.8. The lowest BCUT2D eigenvalue weighted by Gasteiger charge is -2.19. The second-order valence-corrected chi connectivity index (χ2v) is 6.77. The van der Waals surface area contributed by atoms with Gasteiger partial charge in [-0.05, 0) is 43.3 Å². The summed E-state index contributed by atoms with van der Waals surface area (Å²) in [6.45, 7) is 3.07. The van der Waals surface area contributed by atoms with Crippen molar-refractivity contribution < 1.29 is 9.47 Å². The molecule has 0 aliphatic carbocycles. The Morgan fingerprint density at radius 1 is 0.821 bits per heavy atom. The van der Waals surface area contributed by atoms with Gasteiger partial charge in [0.2, 0.25) is 5.95 Å². The third-order valence-electron chi connectivity index (χ3n) is 4.31. The zero-order chi connectivity index (χ0) is 19.5. The van der Waals surface area contributed by atoms with E-state index in [2.05, 4.69) is 37.6 Å². The Kier molecular flexibility index (Phi) is 4.89. The van der Waals surface area contributed by atoms with E-state index < -0.39 is 0 Å². The zero-order valence-electron chi connectivity index (χ0n) is 16.2. The molecule has 1 aromatic heterocycles. The monoisotopic (exact) mass is 377 g/mol. The number of nitrogens with zero attached hydrogens (tertiary/aromatic N) is 3. The quantitative estimate of drug-likeness (QED) is 0.693. The number of aryl methyl sites for hydroxylation is 1. The highest BCUT2D eigenvalue weighted by Crippen LogP contribution is 2.33. The fraction of sp³-hybridized carbons (Fsp3) is 0.238. The minimum absolute atomic E-state index is 0.518. The first kappa shape index (κ1) is 17.9. The van der Waals surface area contributed by atoms with E-state index >= 15 is 0 Å². The molecular weight excluding hydrogens is 354 g/mol. The number of hydrogen-bond acceptors (Lipinski definition) is 7. The molecular formula is C21H23N5O2. The predicted molar refractivity (Wildman–Crippen MR) is 112 cm³/mol. The number of ether oxygens (including phenoxy) is 2. The molecule has 1 aliphatic rings. The first-order valence-corrected chi connectivity index (χ1v) is 9.13.